The average Bonchev–Trinajstić information content (AvgIpc) is 1.68. The number of aromatic nitrogens is 12. The van der Waals surface area contributed by atoms with Gasteiger partial charge < -0.3 is 84.6 Å². The largest absolute Gasteiger partial charge is 1.00 e. The fourth-order valence-corrected chi connectivity index (χ4v) is 19.9. The van der Waals surface area contributed by atoms with Crippen LogP contribution in [0.25, 0.3) is 16.9 Å². The molecular weight excluding hydrogens is 1740 g/mol. The summed E-state index contributed by atoms with van der Waals surface area (Å²) in [4.78, 5) is 77.9. The van der Waals surface area contributed by atoms with E-state index in [9.17, 15) is 14.0 Å². The summed E-state index contributed by atoms with van der Waals surface area (Å²) in [7, 11) is -1.00. The normalized spacial score (nSPS) is 21.3. The number of aryl methyl sites for hydroxylation is 3. The molecule has 0 bridgehead atoms. The van der Waals surface area contributed by atoms with Crippen molar-refractivity contribution in [2.75, 3.05) is 80.9 Å². The van der Waals surface area contributed by atoms with Crippen molar-refractivity contribution in [3.8, 4) is 0 Å². The van der Waals surface area contributed by atoms with Crippen LogP contribution >= 0.6 is 35.1 Å². The zero-order valence-corrected chi connectivity index (χ0v) is 78.5. The molecule has 15 heterocycles. The van der Waals surface area contributed by atoms with Gasteiger partial charge in [0.1, 0.15) is 11.2 Å². The van der Waals surface area contributed by atoms with Crippen molar-refractivity contribution in [2.24, 2.45) is 106 Å². The third-order valence-corrected chi connectivity index (χ3v) is 26.2. The van der Waals surface area contributed by atoms with Crippen LogP contribution in [0.2, 0.25) is 5.02 Å². The molecule has 9 aromatic rings. The Hall–Kier alpha value is -10.0. The number of alkyl halides is 1. The molecule has 2 amide bonds. The maximum absolute atomic E-state index is 12.6. The number of piperidine rings is 3. The molecule has 18 rings (SSSR count). The number of ether oxygens (including phenoxy) is 5. The quantitative estimate of drug-likeness (QED) is 0.0114. The molecule has 0 unspecified atom stereocenters. The summed E-state index contributed by atoms with van der Waals surface area (Å²) in [6.07, 6.45) is 37.8. The third-order valence-electron chi connectivity index (χ3n) is 23.6. The molecule has 128 heavy (non-hydrogen) atoms. The molecule has 0 radical (unpaired) electrons. The van der Waals surface area contributed by atoms with Crippen LogP contribution < -0.4 is 66.5 Å². The molecule has 7 N–H and O–H groups in total. The summed E-state index contributed by atoms with van der Waals surface area (Å²) in [5.41, 5.74) is 21.9. The van der Waals surface area contributed by atoms with Gasteiger partial charge in [0.25, 0.3) is 0 Å². The minimum absolute atomic E-state index is 0. The predicted octanol–water partition coefficient (Wildman–Crippen LogP) is 12.2. The van der Waals surface area contributed by atoms with Crippen LogP contribution in [0.3, 0.4) is 0 Å². The van der Waals surface area contributed by atoms with Crippen molar-refractivity contribution in [1.29, 1.82) is 5.53 Å². The van der Waals surface area contributed by atoms with Crippen LogP contribution in [-0.2, 0) is 75.7 Å². The number of alkyl carbamates (subject to hydrolysis) is 2. The number of anilines is 3. The van der Waals surface area contributed by atoms with Gasteiger partial charge in [-0.15, -0.1) is 6.20 Å². The minimum atomic E-state index is -1.00. The Labute approximate surface area is 783 Å². The van der Waals surface area contributed by atoms with Crippen molar-refractivity contribution >= 4 is 95.6 Å². The van der Waals surface area contributed by atoms with Crippen molar-refractivity contribution in [3.05, 3.63) is 137 Å². The van der Waals surface area contributed by atoms with Crippen LogP contribution in [0.15, 0.2) is 190 Å². The summed E-state index contributed by atoms with van der Waals surface area (Å²) in [6, 6.07) is 9.13. The molecule has 6 saturated heterocycles. The Morgan fingerprint density at radius 1 is 0.531 bits per heavy atom. The number of nitrogens with zero attached hydrogens (tertiary/aromatic N) is 30. The second kappa shape index (κ2) is 45.5. The Morgan fingerprint density at radius 3 is 1.32 bits per heavy atom. The van der Waals surface area contributed by atoms with Crippen LogP contribution in [0, 0.1) is 27.8 Å². The van der Waals surface area contributed by atoms with Gasteiger partial charge in [0.15, 0.2) is 11.3 Å². The van der Waals surface area contributed by atoms with Crippen LogP contribution in [0.1, 0.15) is 155 Å². The van der Waals surface area contributed by atoms with Gasteiger partial charge in [-0.2, -0.15) is 5.53 Å². The molecule has 678 valence electrons. The number of halogens is 2. The standard InChI is InChI=1S/C28H36N6O3S.C23H28N6OS.C20H28N5O3.C8H8ClN.CH3F.H3N17.Na.H2S/c1-18-23(32-26(35)37-27(2,3)4)28(17-36-18)9-13-33(14-10-28)25-31-16-22(24-30-12-15-34(24)25)38-21-8-11-29-20-7-5-6-19(20)21;1-15-20(24)23(14-30-15)6-10-28(11-7-23)22-27-13-19(21-26-9-12-29(21)22)31-18-5-8-25-17-4-2-3-16(17)18;1-14-16(23-18(26)28-19(2,3)4)20(13-27-14)6-10-24(11-7-20)17-22-8-5-15-21-9-12-25(15)17;9-7-4-5-10-8-3-1-2-6(7)8;1-2;1-3-5-7-9-11-13-15-17-16-14-12-10-8-6-4-2;;/h8,11-12,15-16,18,23H,5-7,9-10,13-14,17H2,1-4H3,(H,32,35);5,8-9,12-13,15,20H,2-4,6-7,10-11,14,24H2,1H3;8-9,12,14,16H,6-7,10-11,13H2,1-4H3,(H,23,26);4-5H,1-3H2;1H3;(H3,1,2,5,6,9,10,13,14,17);;1H2/q;;-1;;;;+1;/p-1/t18-,23+;15-,20+;14-,16+;;;;;/m000...../s1/i;;;;1D;;;. The number of amides is 2. The first kappa shape index (κ1) is 97.0. The summed E-state index contributed by atoms with van der Waals surface area (Å²) in [6.45, 7) is 24.7. The fraction of sp³-hybridized carbons (Fsp3) is 0.562. The van der Waals surface area contributed by atoms with Crippen molar-refractivity contribution < 1.29 is 68.6 Å². The van der Waals surface area contributed by atoms with Crippen LogP contribution in [-0.4, -0.2) is 184 Å². The number of hydrogen-bond donors (Lipinski definition) is 5. The maximum atomic E-state index is 12.6. The number of carbonyl (C=O) groups excluding carboxylic acids is 2. The molecule has 0 aromatic carbocycles. The number of thiol groups is 1. The topological polar surface area (TPSA) is 505 Å². The first-order valence-corrected chi connectivity index (χ1v) is 43.7. The number of pyridine rings is 3. The Bertz CT molecular complexity index is 5470. The summed E-state index contributed by atoms with van der Waals surface area (Å²) in [5, 5.41) is 50.4. The van der Waals surface area contributed by atoms with Gasteiger partial charge >= 0.3 is 41.7 Å². The molecule has 6 aliphatic heterocycles. The average molecular weight is 1850 g/mol. The first-order chi connectivity index (χ1) is 61.3. The molecule has 9 aromatic heterocycles. The number of nitrogens with one attached hydrogen (secondary N) is 3. The molecule has 3 aliphatic carbocycles. The molecule has 0 saturated carbocycles. The van der Waals surface area contributed by atoms with Gasteiger partial charge in [-0.3, -0.25) is 38.1 Å². The van der Waals surface area contributed by atoms with E-state index in [0.29, 0.717) is 13.2 Å². The monoisotopic (exact) mass is 1840 g/mol. The summed E-state index contributed by atoms with van der Waals surface area (Å²) >= 11 is 9.43. The SMILES string of the molecule is C[C@@H]1OCC2(CCN(c3nc[c-]c4nccn34)CC2)[C@@H]1NC(=O)OC(C)(C)C.C[C@@H]1OCC2(CCN(c3ncc(Sc4ccnc5c4CCC5)c4nccn34)CC2)[C@@H]1N.C[C@@H]1OCC2(CCN(c3ncc(Sc4ccnc5c4CCC5)c4nccn34)CC2)[C@@H]1NC(=O)OC(C)(C)C.Clc1ccnc2c1CCC2.N=N/N=N/N=N/N=N/N=N/N=N/N=N/N=N/N.[2H]CF.[Na+].[SH-]. The fourth-order valence-electron chi connectivity index (χ4n) is 17.6. The third kappa shape index (κ3) is 24.1. The van der Waals surface area contributed by atoms with E-state index >= 15 is 0 Å². The summed E-state index contributed by atoms with van der Waals surface area (Å²) < 4.78 is 50.6. The minimum Gasteiger partial charge on any atom is -0.813 e. The van der Waals surface area contributed by atoms with E-state index in [1.54, 1.807) is 42.1 Å². The molecule has 6 fully saturated rings. The number of rotatable bonds is 16. The Morgan fingerprint density at radius 2 is 0.906 bits per heavy atom. The van der Waals surface area contributed by atoms with E-state index in [4.69, 9.17) is 62.9 Å². The molecule has 9 aliphatic rings. The zero-order chi connectivity index (χ0) is 89.7. The number of fused-ring (bicyclic) bond motifs is 6. The number of nitrogens with two attached hydrogens (primary N) is 2. The van der Waals surface area contributed by atoms with Gasteiger partial charge in [0.05, 0.1) is 68.5 Å². The molecule has 42 nitrogen and oxygen atoms in total. The maximum Gasteiger partial charge on any atom is 1.00 e. The molecule has 3 spiro atoms. The first-order valence-electron chi connectivity index (χ1n) is 42.4. The Balaban J connectivity index is 0.000000162. The molecule has 6 atom stereocenters. The predicted molar refractivity (Wildman–Crippen MR) is 471 cm³/mol. The van der Waals surface area contributed by atoms with E-state index in [2.05, 4.69) is 173 Å². The van der Waals surface area contributed by atoms with Gasteiger partial charge in [-0.1, -0.05) is 40.3 Å². The van der Waals surface area contributed by atoms with Gasteiger partial charge in [0, 0.05) is 162 Å². The number of hydrogen-bond acceptors (Lipinski definition) is 25. The van der Waals surface area contributed by atoms with Gasteiger partial charge in [0.2, 0.25) is 17.8 Å². The zero-order valence-electron chi connectivity index (χ0n) is 74.3. The molecular formula is C80H107ClFN35NaO7S3-. The molecule has 48 heteroatoms. The van der Waals surface area contributed by atoms with Crippen molar-refractivity contribution in [3.63, 3.8) is 0 Å². The second-order valence-corrected chi connectivity index (χ2v) is 36.2. The number of carbonyl (C=O) groups is 2. The number of imidazole rings is 3. The van der Waals surface area contributed by atoms with E-state index in [1.165, 1.54) is 62.8 Å². The smallest absolute Gasteiger partial charge is 0.813 e. The van der Waals surface area contributed by atoms with E-state index in [0.717, 1.165) is 173 Å². The van der Waals surface area contributed by atoms with Crippen molar-refractivity contribution in [2.45, 2.75) is 226 Å². The van der Waals surface area contributed by atoms with E-state index in [1.807, 2.05) is 122 Å². The van der Waals surface area contributed by atoms with Gasteiger partial charge in [-0.25, -0.2) is 29.5 Å². The summed E-state index contributed by atoms with van der Waals surface area (Å²) in [5.74, 6) is 7.33. The van der Waals surface area contributed by atoms with E-state index in [-0.39, 0.29) is 108 Å². The van der Waals surface area contributed by atoms with Gasteiger partial charge in [-0.05, 0) is 272 Å². The van der Waals surface area contributed by atoms with Crippen LogP contribution in [0.4, 0.5) is 31.8 Å². The second-order valence-electron chi connectivity index (χ2n) is 33.6. The van der Waals surface area contributed by atoms with Crippen LogP contribution in [0.5, 0.6) is 0 Å². The van der Waals surface area contributed by atoms with Crippen molar-refractivity contribution in [1.82, 2.24) is 68.7 Å². The Kier molecular flexibility index (Phi) is 34.5. The van der Waals surface area contributed by atoms with E-state index < -0.39 is 18.4 Å².